The normalized spacial score (nSPS) is 11.5. The number of hydrogen-bond acceptors (Lipinski definition) is 4. The van der Waals surface area contributed by atoms with E-state index in [0.29, 0.717) is 6.54 Å². The first-order valence-corrected chi connectivity index (χ1v) is 5.28. The first-order chi connectivity index (χ1) is 7.70. The monoisotopic (exact) mass is 220 g/mol. The third kappa shape index (κ3) is 2.20. The van der Waals surface area contributed by atoms with Gasteiger partial charge in [-0.1, -0.05) is 11.3 Å². The lowest BCUT2D eigenvalue weighted by atomic mass is 10.2. The Morgan fingerprint density at radius 2 is 2.25 bits per heavy atom. The van der Waals surface area contributed by atoms with Crippen molar-refractivity contribution in [2.24, 2.45) is 7.05 Å². The van der Waals surface area contributed by atoms with Crippen LogP contribution < -0.4 is 0 Å². The summed E-state index contributed by atoms with van der Waals surface area (Å²) in [5.74, 6) is 0. The minimum Gasteiger partial charge on any atom is -0.395 e. The van der Waals surface area contributed by atoms with Crippen molar-refractivity contribution in [3.05, 3.63) is 23.8 Å². The summed E-state index contributed by atoms with van der Waals surface area (Å²) in [6.07, 6.45) is 0. The maximum Gasteiger partial charge on any atom is 0.113 e. The molecule has 1 heterocycles. The van der Waals surface area contributed by atoms with Gasteiger partial charge in [0.15, 0.2) is 0 Å². The number of fused-ring (bicyclic) bond motifs is 1. The molecule has 0 aliphatic rings. The van der Waals surface area contributed by atoms with Crippen LogP contribution in [0.3, 0.4) is 0 Å². The second kappa shape index (κ2) is 4.59. The summed E-state index contributed by atoms with van der Waals surface area (Å²) < 4.78 is 1.76. The second-order valence-electron chi connectivity index (χ2n) is 4.00. The van der Waals surface area contributed by atoms with Gasteiger partial charge in [0.2, 0.25) is 0 Å². The van der Waals surface area contributed by atoms with Crippen LogP contribution in [0.2, 0.25) is 0 Å². The number of likely N-dealkylation sites (N-methyl/N-ethyl adjacent to an activating group) is 1. The standard InChI is InChI=1S/C11H16N4O/c1-14(5-6-16)8-9-3-4-11-10(7-9)12-13-15(11)2/h3-4,7,16H,5-6,8H2,1-2H3. The average Bonchev–Trinajstić information content (AvgIpc) is 2.60. The molecule has 86 valence electrons. The van der Waals surface area contributed by atoms with E-state index in [4.69, 9.17) is 5.11 Å². The maximum atomic E-state index is 8.82. The molecule has 0 atom stereocenters. The molecule has 1 aromatic heterocycles. The Kier molecular flexibility index (Phi) is 3.17. The van der Waals surface area contributed by atoms with Gasteiger partial charge in [-0.2, -0.15) is 0 Å². The van der Waals surface area contributed by atoms with E-state index in [1.54, 1.807) is 4.68 Å². The van der Waals surface area contributed by atoms with Crippen LogP contribution in [0.15, 0.2) is 18.2 Å². The molecule has 5 nitrogen and oxygen atoms in total. The molecule has 0 saturated heterocycles. The highest BCUT2D eigenvalue weighted by Crippen LogP contribution is 2.13. The molecule has 1 N–H and O–H groups in total. The van der Waals surface area contributed by atoms with Crippen molar-refractivity contribution in [2.75, 3.05) is 20.2 Å². The van der Waals surface area contributed by atoms with Gasteiger partial charge in [0.25, 0.3) is 0 Å². The SMILES string of the molecule is CN(CCO)Cc1ccc2c(c1)nnn2C. The Bertz CT molecular complexity index is 480. The van der Waals surface area contributed by atoms with Crippen molar-refractivity contribution in [1.82, 2.24) is 19.9 Å². The summed E-state index contributed by atoms with van der Waals surface area (Å²) >= 11 is 0. The fourth-order valence-corrected chi connectivity index (χ4v) is 1.75. The zero-order chi connectivity index (χ0) is 11.5. The van der Waals surface area contributed by atoms with Gasteiger partial charge >= 0.3 is 0 Å². The quantitative estimate of drug-likeness (QED) is 0.810. The van der Waals surface area contributed by atoms with Gasteiger partial charge in [-0.25, -0.2) is 4.68 Å². The van der Waals surface area contributed by atoms with Crippen molar-refractivity contribution in [2.45, 2.75) is 6.54 Å². The fraction of sp³-hybridized carbons (Fsp3) is 0.455. The average molecular weight is 220 g/mol. The predicted octanol–water partition coefficient (Wildman–Crippen LogP) is 0.392. The van der Waals surface area contributed by atoms with E-state index in [1.807, 2.05) is 26.2 Å². The first-order valence-electron chi connectivity index (χ1n) is 5.28. The highest BCUT2D eigenvalue weighted by molar-refractivity contribution is 5.74. The van der Waals surface area contributed by atoms with Crippen LogP contribution in [0.5, 0.6) is 0 Å². The fourth-order valence-electron chi connectivity index (χ4n) is 1.75. The van der Waals surface area contributed by atoms with E-state index < -0.39 is 0 Å². The molecule has 0 radical (unpaired) electrons. The van der Waals surface area contributed by atoms with E-state index in [9.17, 15) is 0 Å². The lowest BCUT2D eigenvalue weighted by molar-refractivity contribution is 0.217. The molecule has 0 unspecified atom stereocenters. The summed E-state index contributed by atoms with van der Waals surface area (Å²) in [6, 6.07) is 6.13. The Morgan fingerprint density at radius 3 is 3.00 bits per heavy atom. The molecule has 0 spiro atoms. The molecule has 0 bridgehead atoms. The molecule has 1 aromatic carbocycles. The van der Waals surface area contributed by atoms with E-state index in [1.165, 1.54) is 5.56 Å². The molecule has 0 aliphatic heterocycles. The van der Waals surface area contributed by atoms with Gasteiger partial charge in [0.05, 0.1) is 12.1 Å². The smallest absolute Gasteiger partial charge is 0.113 e. The number of nitrogens with zero attached hydrogens (tertiary/aromatic N) is 4. The third-order valence-electron chi connectivity index (χ3n) is 2.61. The van der Waals surface area contributed by atoms with E-state index in [2.05, 4.69) is 21.3 Å². The zero-order valence-corrected chi connectivity index (χ0v) is 9.59. The summed E-state index contributed by atoms with van der Waals surface area (Å²) in [7, 11) is 3.87. The van der Waals surface area contributed by atoms with Crippen LogP contribution in [0.4, 0.5) is 0 Å². The van der Waals surface area contributed by atoms with E-state index >= 15 is 0 Å². The van der Waals surface area contributed by atoms with Gasteiger partial charge in [-0.05, 0) is 24.7 Å². The van der Waals surface area contributed by atoms with Crippen molar-refractivity contribution in [3.8, 4) is 0 Å². The summed E-state index contributed by atoms with van der Waals surface area (Å²) in [5.41, 5.74) is 3.13. The van der Waals surface area contributed by atoms with Crippen LogP contribution in [0.1, 0.15) is 5.56 Å². The van der Waals surface area contributed by atoms with Crippen molar-refractivity contribution in [3.63, 3.8) is 0 Å². The molecule has 0 aliphatic carbocycles. The number of aliphatic hydroxyl groups excluding tert-OH is 1. The van der Waals surface area contributed by atoms with Crippen LogP contribution >= 0.6 is 0 Å². The molecule has 2 rings (SSSR count). The van der Waals surface area contributed by atoms with Crippen LogP contribution in [-0.2, 0) is 13.6 Å². The molecule has 0 fully saturated rings. The Balaban J connectivity index is 2.19. The first kappa shape index (κ1) is 11.0. The number of benzene rings is 1. The third-order valence-corrected chi connectivity index (χ3v) is 2.61. The lowest BCUT2D eigenvalue weighted by Crippen LogP contribution is -2.21. The molecule has 0 saturated carbocycles. The van der Waals surface area contributed by atoms with E-state index in [0.717, 1.165) is 17.6 Å². The number of aryl methyl sites for hydroxylation is 1. The number of hydrogen-bond donors (Lipinski definition) is 1. The molecule has 0 amide bonds. The van der Waals surface area contributed by atoms with Crippen LogP contribution in [-0.4, -0.2) is 45.2 Å². The molecule has 2 aromatic rings. The zero-order valence-electron chi connectivity index (χ0n) is 9.59. The summed E-state index contributed by atoms with van der Waals surface area (Å²) in [5, 5.41) is 16.9. The molecule has 5 heteroatoms. The molecule has 16 heavy (non-hydrogen) atoms. The minimum absolute atomic E-state index is 0.184. The molecular weight excluding hydrogens is 204 g/mol. The van der Waals surface area contributed by atoms with Crippen molar-refractivity contribution < 1.29 is 5.11 Å². The van der Waals surface area contributed by atoms with Gasteiger partial charge in [-0.3, -0.25) is 4.90 Å². The Morgan fingerprint density at radius 1 is 1.44 bits per heavy atom. The van der Waals surface area contributed by atoms with Gasteiger partial charge in [0.1, 0.15) is 5.52 Å². The van der Waals surface area contributed by atoms with Crippen molar-refractivity contribution >= 4 is 11.0 Å². The largest absolute Gasteiger partial charge is 0.395 e. The van der Waals surface area contributed by atoms with Gasteiger partial charge in [-0.15, -0.1) is 5.10 Å². The van der Waals surface area contributed by atoms with Gasteiger partial charge < -0.3 is 5.11 Å². The minimum atomic E-state index is 0.184. The number of aromatic nitrogens is 3. The van der Waals surface area contributed by atoms with E-state index in [-0.39, 0.29) is 6.61 Å². The highest BCUT2D eigenvalue weighted by Gasteiger charge is 2.04. The molecular formula is C11H16N4O. The highest BCUT2D eigenvalue weighted by atomic mass is 16.3. The number of aliphatic hydroxyl groups is 1. The lowest BCUT2D eigenvalue weighted by Gasteiger charge is -2.14. The summed E-state index contributed by atoms with van der Waals surface area (Å²) in [4.78, 5) is 2.07. The van der Waals surface area contributed by atoms with Crippen molar-refractivity contribution in [1.29, 1.82) is 0 Å². The Hall–Kier alpha value is -1.46. The predicted molar refractivity (Wildman–Crippen MR) is 61.9 cm³/mol. The Labute approximate surface area is 94.3 Å². The second-order valence-corrected chi connectivity index (χ2v) is 4.00. The van der Waals surface area contributed by atoms with Gasteiger partial charge in [0, 0.05) is 20.1 Å². The van der Waals surface area contributed by atoms with Crippen LogP contribution in [0, 0.1) is 0 Å². The number of rotatable bonds is 4. The maximum absolute atomic E-state index is 8.82. The topological polar surface area (TPSA) is 54.2 Å². The van der Waals surface area contributed by atoms with Crippen LogP contribution in [0.25, 0.3) is 11.0 Å². The summed E-state index contributed by atoms with van der Waals surface area (Å²) in [6.45, 7) is 1.68.